The zero-order chi connectivity index (χ0) is 27.1. The Morgan fingerprint density at radius 2 is 1.87 bits per heavy atom. The lowest BCUT2D eigenvalue weighted by atomic mass is 9.79. The third kappa shape index (κ3) is 5.30. The van der Waals surface area contributed by atoms with Crippen molar-refractivity contribution < 1.29 is 23.6 Å². The van der Waals surface area contributed by atoms with Crippen LogP contribution in [0.4, 0.5) is 5.82 Å². The van der Waals surface area contributed by atoms with Crippen LogP contribution in [-0.2, 0) is 32.4 Å². The molecule has 0 saturated carbocycles. The molecule has 3 aromatic rings. The Balaban J connectivity index is 1.19. The van der Waals surface area contributed by atoms with Gasteiger partial charge in [0.05, 0.1) is 55.2 Å². The summed E-state index contributed by atoms with van der Waals surface area (Å²) in [5.74, 6) is -0.384. The lowest BCUT2D eigenvalue weighted by Gasteiger charge is -2.32. The van der Waals surface area contributed by atoms with Crippen LogP contribution in [0.3, 0.4) is 0 Å². The largest absolute Gasteiger partial charge is 0.494 e. The van der Waals surface area contributed by atoms with Gasteiger partial charge < -0.3 is 29.8 Å². The molecule has 38 heavy (non-hydrogen) atoms. The molecule has 12 heteroatoms. The van der Waals surface area contributed by atoms with Crippen LogP contribution in [0, 0.1) is 0 Å². The third-order valence-corrected chi connectivity index (χ3v) is 7.33. The Morgan fingerprint density at radius 3 is 2.53 bits per heavy atom. The minimum atomic E-state index is -0.434. The number of amides is 1. The summed E-state index contributed by atoms with van der Waals surface area (Å²) in [7, 11) is 1.39. The quantitative estimate of drug-likeness (QED) is 0.444. The molecule has 5 rings (SSSR count). The highest BCUT2D eigenvalue weighted by atomic mass is 16.7. The number of aromatic nitrogens is 4. The van der Waals surface area contributed by atoms with Gasteiger partial charge in [0.25, 0.3) is 5.91 Å². The van der Waals surface area contributed by atoms with Gasteiger partial charge in [-0.25, -0.2) is 9.97 Å². The number of nitrogens with two attached hydrogens (primary N) is 1. The molecule has 0 radical (unpaired) electrons. The second-order valence-electron chi connectivity index (χ2n) is 10.7. The van der Waals surface area contributed by atoms with Gasteiger partial charge in [-0.2, -0.15) is 5.10 Å². The van der Waals surface area contributed by atoms with Gasteiger partial charge in [-0.3, -0.25) is 9.48 Å². The maximum Gasteiger partial charge on any atom is 0.494 e. The predicted octanol–water partition coefficient (Wildman–Crippen LogP) is 1.47. The average Bonchev–Trinajstić information content (AvgIpc) is 3.56. The fraction of sp³-hybridized carbons (Fsp3) is 0.462. The second-order valence-corrected chi connectivity index (χ2v) is 10.7. The Kier molecular flexibility index (Phi) is 6.99. The van der Waals surface area contributed by atoms with Gasteiger partial charge in [0.2, 0.25) is 0 Å². The summed E-state index contributed by atoms with van der Waals surface area (Å²) in [5, 5.41) is 7.08. The number of carbonyl (C=O) groups is 1. The molecule has 2 fully saturated rings. The molecule has 1 amide bonds. The maximum atomic E-state index is 13.0. The molecule has 2 aromatic heterocycles. The summed E-state index contributed by atoms with van der Waals surface area (Å²) in [4.78, 5) is 21.6. The summed E-state index contributed by atoms with van der Waals surface area (Å²) in [6.45, 7) is 9.20. The van der Waals surface area contributed by atoms with Crippen LogP contribution in [0.15, 0.2) is 42.9 Å². The van der Waals surface area contributed by atoms with Crippen LogP contribution in [0.25, 0.3) is 11.3 Å². The van der Waals surface area contributed by atoms with E-state index in [1.165, 1.54) is 6.20 Å². The molecule has 2 saturated heterocycles. The SMILES string of the molecule is Cn1cc(-c2cnc(N)c(C(=O)N[C@H]3COC[C@@H]3OCc3ccc(B4OC(C)(C)C(C)(C)O4)cc3)n2)cn1. The van der Waals surface area contributed by atoms with Crippen molar-refractivity contribution in [1.29, 1.82) is 0 Å². The van der Waals surface area contributed by atoms with Crippen molar-refractivity contribution in [3.05, 3.63) is 54.1 Å². The lowest BCUT2D eigenvalue weighted by molar-refractivity contribution is 0.00578. The maximum absolute atomic E-state index is 13.0. The van der Waals surface area contributed by atoms with E-state index in [-0.39, 0.29) is 23.7 Å². The molecule has 11 nitrogen and oxygen atoms in total. The number of benzene rings is 1. The van der Waals surface area contributed by atoms with Crippen LogP contribution in [0.5, 0.6) is 0 Å². The van der Waals surface area contributed by atoms with Crippen molar-refractivity contribution in [2.45, 2.75) is 57.6 Å². The highest BCUT2D eigenvalue weighted by Gasteiger charge is 2.51. The summed E-state index contributed by atoms with van der Waals surface area (Å²) in [6.07, 6.45) is 4.64. The van der Waals surface area contributed by atoms with E-state index in [4.69, 9.17) is 24.5 Å². The Hall–Kier alpha value is -3.32. The first kappa shape index (κ1) is 26.3. The normalized spacial score (nSPS) is 22.1. The number of hydrogen-bond acceptors (Lipinski definition) is 9. The van der Waals surface area contributed by atoms with E-state index < -0.39 is 24.2 Å². The Labute approximate surface area is 222 Å². The number of anilines is 1. The molecule has 0 unspecified atom stereocenters. The number of aryl methyl sites for hydroxylation is 1. The predicted molar refractivity (Wildman–Crippen MR) is 141 cm³/mol. The minimum absolute atomic E-state index is 0.0496. The van der Waals surface area contributed by atoms with E-state index in [9.17, 15) is 4.79 Å². The zero-order valence-electron chi connectivity index (χ0n) is 22.3. The molecule has 2 atom stereocenters. The fourth-order valence-corrected chi connectivity index (χ4v) is 4.28. The van der Waals surface area contributed by atoms with E-state index >= 15 is 0 Å². The standard InChI is InChI=1S/C26H33BN6O5/c1-25(2)26(3,4)38-27(37-25)18-8-6-16(7-9-18)13-36-21-15-35-14-20(21)32-24(34)22-23(28)29-11-19(31-22)17-10-30-33(5)12-17/h6-12,20-21H,13-15H2,1-5H3,(H2,28,29)(H,32,34)/t20-,21-/m0/s1. The van der Waals surface area contributed by atoms with Gasteiger partial charge in [-0.15, -0.1) is 0 Å². The van der Waals surface area contributed by atoms with Gasteiger partial charge in [-0.05, 0) is 38.7 Å². The molecule has 2 aliphatic rings. The monoisotopic (exact) mass is 520 g/mol. The molecule has 0 bridgehead atoms. The summed E-state index contributed by atoms with van der Waals surface area (Å²) < 4.78 is 25.6. The van der Waals surface area contributed by atoms with Crippen LogP contribution < -0.4 is 16.5 Å². The van der Waals surface area contributed by atoms with E-state index in [0.29, 0.717) is 25.5 Å². The zero-order valence-corrected chi connectivity index (χ0v) is 22.3. The van der Waals surface area contributed by atoms with E-state index in [0.717, 1.165) is 16.6 Å². The van der Waals surface area contributed by atoms with E-state index in [1.54, 1.807) is 24.1 Å². The first-order chi connectivity index (χ1) is 18.0. The molecule has 0 aliphatic carbocycles. The van der Waals surface area contributed by atoms with Crippen LogP contribution >= 0.6 is 0 Å². The van der Waals surface area contributed by atoms with E-state index in [2.05, 4.69) is 20.4 Å². The van der Waals surface area contributed by atoms with Crippen LogP contribution in [0.2, 0.25) is 0 Å². The fourth-order valence-electron chi connectivity index (χ4n) is 4.28. The third-order valence-electron chi connectivity index (χ3n) is 7.33. The van der Waals surface area contributed by atoms with Gasteiger partial charge in [0.1, 0.15) is 6.10 Å². The Morgan fingerprint density at radius 1 is 1.16 bits per heavy atom. The summed E-state index contributed by atoms with van der Waals surface area (Å²) >= 11 is 0. The summed E-state index contributed by atoms with van der Waals surface area (Å²) in [5.41, 5.74) is 8.43. The van der Waals surface area contributed by atoms with Gasteiger partial charge in [0.15, 0.2) is 11.5 Å². The number of ether oxygens (including phenoxy) is 2. The van der Waals surface area contributed by atoms with Crippen molar-refractivity contribution in [1.82, 2.24) is 25.1 Å². The number of rotatable bonds is 7. The molecule has 200 valence electrons. The number of nitrogen functional groups attached to an aromatic ring is 1. The molecule has 2 aliphatic heterocycles. The molecule has 3 N–H and O–H groups in total. The average molecular weight is 520 g/mol. The summed E-state index contributed by atoms with van der Waals surface area (Å²) in [6, 6.07) is 7.60. The van der Waals surface area contributed by atoms with Crippen molar-refractivity contribution in [3.63, 3.8) is 0 Å². The van der Waals surface area contributed by atoms with Gasteiger partial charge in [0, 0.05) is 18.8 Å². The first-order valence-electron chi connectivity index (χ1n) is 12.6. The van der Waals surface area contributed by atoms with E-state index in [1.807, 2.05) is 52.0 Å². The number of hydrogen-bond donors (Lipinski definition) is 2. The van der Waals surface area contributed by atoms with Crippen molar-refractivity contribution in [2.75, 3.05) is 18.9 Å². The first-order valence-corrected chi connectivity index (χ1v) is 12.6. The van der Waals surface area contributed by atoms with Crippen molar-refractivity contribution >= 4 is 24.3 Å². The number of nitrogens with one attached hydrogen (secondary N) is 1. The molecular weight excluding hydrogens is 487 g/mol. The van der Waals surface area contributed by atoms with Crippen molar-refractivity contribution in [2.24, 2.45) is 7.05 Å². The topological polar surface area (TPSA) is 136 Å². The lowest BCUT2D eigenvalue weighted by Crippen LogP contribution is -2.44. The highest BCUT2D eigenvalue weighted by molar-refractivity contribution is 6.62. The Bertz CT molecular complexity index is 1300. The molecule has 1 aromatic carbocycles. The van der Waals surface area contributed by atoms with Crippen LogP contribution in [0.1, 0.15) is 43.7 Å². The van der Waals surface area contributed by atoms with Gasteiger partial charge in [-0.1, -0.05) is 24.3 Å². The number of carbonyl (C=O) groups excluding carboxylic acids is 1. The van der Waals surface area contributed by atoms with Crippen LogP contribution in [-0.4, -0.2) is 69.3 Å². The van der Waals surface area contributed by atoms with Gasteiger partial charge >= 0.3 is 7.12 Å². The highest BCUT2D eigenvalue weighted by Crippen LogP contribution is 2.36. The number of nitrogens with zero attached hydrogens (tertiary/aromatic N) is 4. The second kappa shape index (κ2) is 10.1. The molecule has 4 heterocycles. The van der Waals surface area contributed by atoms with Crippen molar-refractivity contribution in [3.8, 4) is 11.3 Å². The smallest absolute Gasteiger partial charge is 0.399 e. The molecule has 0 spiro atoms. The minimum Gasteiger partial charge on any atom is -0.399 e. The molecular formula is C26H33BN6O5.